The van der Waals surface area contributed by atoms with Gasteiger partial charge in [0.15, 0.2) is 0 Å². The molecule has 2 amide bonds. The molecule has 126 valence electrons. The molecule has 3 N–H and O–H groups in total. The van der Waals surface area contributed by atoms with Crippen molar-refractivity contribution in [2.24, 2.45) is 11.7 Å². The normalized spacial score (nSPS) is 24.1. The predicted octanol–water partition coefficient (Wildman–Crippen LogP) is 2.37. The number of nitrogens with one attached hydrogen (secondary N) is 1. The van der Waals surface area contributed by atoms with Crippen LogP contribution < -0.4 is 11.1 Å². The van der Waals surface area contributed by atoms with E-state index < -0.39 is 17.3 Å². The molecule has 0 saturated heterocycles. The van der Waals surface area contributed by atoms with Gasteiger partial charge in [-0.05, 0) is 38.0 Å². The monoisotopic (exact) mass is 321 g/mol. The van der Waals surface area contributed by atoms with E-state index in [0.717, 1.165) is 25.7 Å². The number of nitrogens with zero attached hydrogens (tertiary/aromatic N) is 1. The zero-order valence-corrected chi connectivity index (χ0v) is 13.9. The first kappa shape index (κ1) is 17.4. The molecule has 2 atom stereocenters. The van der Waals surface area contributed by atoms with Crippen LogP contribution in [0.3, 0.4) is 0 Å². The van der Waals surface area contributed by atoms with Gasteiger partial charge in [-0.2, -0.15) is 0 Å². The Morgan fingerprint density at radius 3 is 2.65 bits per heavy atom. The number of rotatable bonds is 3. The summed E-state index contributed by atoms with van der Waals surface area (Å²) in [4.78, 5) is 25.8. The fraction of sp³-hybridized carbons (Fsp3) is 0.529. The second-order valence-corrected chi connectivity index (χ2v) is 6.69. The van der Waals surface area contributed by atoms with Crippen molar-refractivity contribution in [3.63, 3.8) is 0 Å². The van der Waals surface area contributed by atoms with Gasteiger partial charge in [0.25, 0.3) is 5.91 Å². The molecule has 0 radical (unpaired) electrons. The number of nitrogens with two attached hydrogens (primary N) is 1. The first-order valence-corrected chi connectivity index (χ1v) is 7.83. The largest absolute Gasteiger partial charge is 0.345 e. The van der Waals surface area contributed by atoms with Crippen molar-refractivity contribution in [2.45, 2.75) is 38.1 Å². The van der Waals surface area contributed by atoms with E-state index in [-0.39, 0.29) is 17.4 Å². The third-order valence-electron chi connectivity index (χ3n) is 4.44. The predicted molar refractivity (Wildman–Crippen MR) is 87.6 cm³/mol. The highest BCUT2D eigenvalue weighted by Gasteiger charge is 2.37. The maximum absolute atomic E-state index is 13.8. The maximum Gasteiger partial charge on any atom is 0.256 e. The number of carbonyl (C=O) groups is 2. The van der Waals surface area contributed by atoms with Crippen LogP contribution in [0.5, 0.6) is 0 Å². The topological polar surface area (TPSA) is 75.4 Å². The Morgan fingerprint density at radius 2 is 2.04 bits per heavy atom. The standard InChI is InChI=1S/C17H24FN3O2/c1-17(19)9-5-4-6-13(17)15(22)20-11-7-8-14(18)12(10-11)16(23)21(2)3/h7-8,10,13H,4-6,9,19H2,1-3H3,(H,20,22). The zero-order chi connectivity index (χ0) is 17.2. The summed E-state index contributed by atoms with van der Waals surface area (Å²) in [5.41, 5.74) is 6.04. The number of amides is 2. The number of halogens is 1. The first-order valence-electron chi connectivity index (χ1n) is 7.83. The van der Waals surface area contributed by atoms with Gasteiger partial charge in [0, 0.05) is 25.3 Å². The summed E-state index contributed by atoms with van der Waals surface area (Å²) in [6.07, 6.45) is 3.54. The van der Waals surface area contributed by atoms with E-state index in [2.05, 4.69) is 5.32 Å². The van der Waals surface area contributed by atoms with Gasteiger partial charge in [0.1, 0.15) is 5.82 Å². The van der Waals surface area contributed by atoms with Crippen LogP contribution in [0.4, 0.5) is 10.1 Å². The molecule has 5 nitrogen and oxygen atoms in total. The molecule has 0 spiro atoms. The second kappa shape index (κ2) is 6.66. The lowest BCUT2D eigenvalue weighted by Crippen LogP contribution is -2.51. The molecule has 1 aliphatic rings. The van der Waals surface area contributed by atoms with Crippen LogP contribution in [0, 0.1) is 11.7 Å². The summed E-state index contributed by atoms with van der Waals surface area (Å²) in [7, 11) is 3.10. The molecule has 1 fully saturated rings. The van der Waals surface area contributed by atoms with Crippen LogP contribution in [0.2, 0.25) is 0 Å². The molecule has 23 heavy (non-hydrogen) atoms. The van der Waals surface area contributed by atoms with Crippen molar-refractivity contribution in [2.75, 3.05) is 19.4 Å². The van der Waals surface area contributed by atoms with E-state index in [1.807, 2.05) is 6.92 Å². The summed E-state index contributed by atoms with van der Waals surface area (Å²) >= 11 is 0. The third kappa shape index (κ3) is 3.88. The second-order valence-electron chi connectivity index (χ2n) is 6.69. The molecule has 0 bridgehead atoms. The zero-order valence-electron chi connectivity index (χ0n) is 13.9. The minimum Gasteiger partial charge on any atom is -0.345 e. The Labute approximate surface area is 136 Å². The number of hydrogen-bond acceptors (Lipinski definition) is 3. The molecular formula is C17H24FN3O2. The smallest absolute Gasteiger partial charge is 0.256 e. The van der Waals surface area contributed by atoms with Gasteiger partial charge >= 0.3 is 0 Å². The summed E-state index contributed by atoms with van der Waals surface area (Å²) in [5, 5.41) is 2.77. The highest BCUT2D eigenvalue weighted by molar-refractivity contribution is 5.98. The highest BCUT2D eigenvalue weighted by atomic mass is 19.1. The Morgan fingerprint density at radius 1 is 1.35 bits per heavy atom. The van der Waals surface area contributed by atoms with Gasteiger partial charge in [0.05, 0.1) is 11.5 Å². The number of carbonyl (C=O) groups excluding carboxylic acids is 2. The quantitative estimate of drug-likeness (QED) is 0.897. The summed E-state index contributed by atoms with van der Waals surface area (Å²) < 4.78 is 13.8. The van der Waals surface area contributed by atoms with Crippen LogP contribution in [0.15, 0.2) is 18.2 Å². The number of anilines is 1. The first-order chi connectivity index (χ1) is 10.7. The molecule has 1 aromatic rings. The van der Waals surface area contributed by atoms with Gasteiger partial charge in [-0.25, -0.2) is 4.39 Å². The minimum atomic E-state index is -0.608. The molecule has 0 aliphatic heterocycles. The van der Waals surface area contributed by atoms with E-state index in [1.165, 1.54) is 23.1 Å². The van der Waals surface area contributed by atoms with Crippen molar-refractivity contribution in [1.29, 1.82) is 0 Å². The average Bonchev–Trinajstić information content (AvgIpc) is 2.47. The molecule has 1 aliphatic carbocycles. The van der Waals surface area contributed by atoms with Crippen LogP contribution in [0.1, 0.15) is 43.0 Å². The summed E-state index contributed by atoms with van der Waals surface area (Å²) in [6.45, 7) is 1.89. The summed E-state index contributed by atoms with van der Waals surface area (Å²) in [6, 6.07) is 4.01. The lowest BCUT2D eigenvalue weighted by Gasteiger charge is -2.37. The Bertz CT molecular complexity index is 614. The minimum absolute atomic E-state index is 0.0630. The van der Waals surface area contributed by atoms with Crippen LogP contribution in [-0.4, -0.2) is 36.3 Å². The van der Waals surface area contributed by atoms with E-state index in [1.54, 1.807) is 14.1 Å². The van der Waals surface area contributed by atoms with Crippen molar-refractivity contribution in [3.8, 4) is 0 Å². The molecule has 1 aromatic carbocycles. The Kier molecular flexibility index (Phi) is 5.04. The van der Waals surface area contributed by atoms with Crippen molar-refractivity contribution < 1.29 is 14.0 Å². The molecule has 2 rings (SSSR count). The van der Waals surface area contributed by atoms with Crippen molar-refractivity contribution in [1.82, 2.24) is 4.90 Å². The fourth-order valence-corrected chi connectivity index (χ4v) is 3.03. The molecule has 0 aromatic heterocycles. The van der Waals surface area contributed by atoms with Gasteiger partial charge in [-0.1, -0.05) is 12.8 Å². The highest BCUT2D eigenvalue weighted by Crippen LogP contribution is 2.32. The lowest BCUT2D eigenvalue weighted by atomic mass is 9.74. The van der Waals surface area contributed by atoms with Crippen LogP contribution in [-0.2, 0) is 4.79 Å². The third-order valence-corrected chi connectivity index (χ3v) is 4.44. The number of benzene rings is 1. The molecule has 2 unspecified atom stereocenters. The Balaban J connectivity index is 2.18. The van der Waals surface area contributed by atoms with Crippen molar-refractivity contribution >= 4 is 17.5 Å². The summed E-state index contributed by atoms with van der Waals surface area (Å²) in [5.74, 6) is -1.51. The van der Waals surface area contributed by atoms with E-state index >= 15 is 0 Å². The molecule has 0 heterocycles. The van der Waals surface area contributed by atoms with E-state index in [4.69, 9.17) is 5.73 Å². The van der Waals surface area contributed by atoms with E-state index in [0.29, 0.717) is 5.69 Å². The lowest BCUT2D eigenvalue weighted by molar-refractivity contribution is -0.122. The van der Waals surface area contributed by atoms with E-state index in [9.17, 15) is 14.0 Å². The molecule has 6 heteroatoms. The van der Waals surface area contributed by atoms with Crippen LogP contribution >= 0.6 is 0 Å². The SMILES string of the molecule is CN(C)C(=O)c1cc(NC(=O)C2CCCCC2(C)N)ccc1F. The van der Waals surface area contributed by atoms with Crippen molar-refractivity contribution in [3.05, 3.63) is 29.6 Å². The van der Waals surface area contributed by atoms with Crippen LogP contribution in [0.25, 0.3) is 0 Å². The van der Waals surface area contributed by atoms with Gasteiger partial charge in [0.2, 0.25) is 5.91 Å². The molecular weight excluding hydrogens is 297 g/mol. The average molecular weight is 321 g/mol. The molecule has 1 saturated carbocycles. The van der Waals surface area contributed by atoms with Gasteiger partial charge in [-0.15, -0.1) is 0 Å². The fourth-order valence-electron chi connectivity index (χ4n) is 3.03. The Hall–Kier alpha value is -1.95. The number of hydrogen-bond donors (Lipinski definition) is 2. The van der Waals surface area contributed by atoms with Gasteiger partial charge < -0.3 is 16.0 Å². The maximum atomic E-state index is 13.8. The van der Waals surface area contributed by atoms with Gasteiger partial charge in [-0.3, -0.25) is 9.59 Å².